The van der Waals surface area contributed by atoms with Gasteiger partial charge in [-0.2, -0.15) is 4.68 Å². The van der Waals surface area contributed by atoms with Crippen LogP contribution in [0, 0.1) is 6.92 Å². The molecule has 3 aromatic rings. The maximum Gasteiger partial charge on any atom is 0.231 e. The highest BCUT2D eigenvalue weighted by atomic mass is 16.7. The van der Waals surface area contributed by atoms with Gasteiger partial charge in [-0.15, -0.1) is 5.10 Å². The Morgan fingerprint density at radius 2 is 1.88 bits per heavy atom. The van der Waals surface area contributed by atoms with E-state index in [0.717, 1.165) is 22.7 Å². The Morgan fingerprint density at radius 3 is 2.67 bits per heavy atom. The molecule has 24 heavy (non-hydrogen) atoms. The number of tetrazole rings is 1. The molecule has 0 aliphatic carbocycles. The molecule has 0 saturated carbocycles. The first-order valence-electron chi connectivity index (χ1n) is 7.68. The molecule has 1 aliphatic rings. The molecule has 0 amide bonds. The van der Waals surface area contributed by atoms with Gasteiger partial charge in [0.25, 0.3) is 0 Å². The van der Waals surface area contributed by atoms with Crippen LogP contribution in [-0.4, -0.2) is 34.0 Å². The molecule has 7 heteroatoms. The lowest BCUT2D eigenvalue weighted by molar-refractivity contribution is 0.174. The summed E-state index contributed by atoms with van der Waals surface area (Å²) < 4.78 is 12.6. The normalized spacial score (nSPS) is 13.9. The number of ether oxygens (including phenoxy) is 2. The number of nitrogens with one attached hydrogen (secondary N) is 1. The highest BCUT2D eigenvalue weighted by Gasteiger charge is 2.23. The summed E-state index contributed by atoms with van der Waals surface area (Å²) >= 11 is 0. The van der Waals surface area contributed by atoms with Gasteiger partial charge in [-0.1, -0.05) is 23.8 Å². The molecule has 0 bridgehead atoms. The largest absolute Gasteiger partial charge is 0.454 e. The fourth-order valence-electron chi connectivity index (χ4n) is 2.78. The minimum Gasteiger partial charge on any atom is -0.454 e. The molecule has 0 radical (unpaired) electrons. The van der Waals surface area contributed by atoms with Gasteiger partial charge in [0.1, 0.15) is 0 Å². The average molecular weight is 323 g/mol. The van der Waals surface area contributed by atoms with Gasteiger partial charge < -0.3 is 14.8 Å². The molecular formula is C17H17N5O2. The van der Waals surface area contributed by atoms with Crippen molar-refractivity contribution in [2.24, 2.45) is 0 Å². The molecule has 1 aromatic heterocycles. The van der Waals surface area contributed by atoms with Crippen LogP contribution in [0.15, 0.2) is 42.5 Å². The number of aromatic nitrogens is 4. The third-order valence-corrected chi connectivity index (χ3v) is 4.05. The monoisotopic (exact) mass is 323 g/mol. The molecule has 122 valence electrons. The van der Waals surface area contributed by atoms with Crippen molar-refractivity contribution in [3.05, 3.63) is 59.4 Å². The van der Waals surface area contributed by atoms with Crippen LogP contribution in [0.3, 0.4) is 0 Å². The lowest BCUT2D eigenvalue weighted by Gasteiger charge is -2.16. The van der Waals surface area contributed by atoms with Crippen LogP contribution in [0.25, 0.3) is 5.69 Å². The molecule has 0 fully saturated rings. The summed E-state index contributed by atoms with van der Waals surface area (Å²) in [5, 5.41) is 15.5. The van der Waals surface area contributed by atoms with E-state index in [2.05, 4.69) is 20.8 Å². The summed E-state index contributed by atoms with van der Waals surface area (Å²) in [6, 6.07) is 13.8. The van der Waals surface area contributed by atoms with Crippen molar-refractivity contribution in [3.8, 4) is 17.2 Å². The third kappa shape index (κ3) is 2.48. The van der Waals surface area contributed by atoms with E-state index in [-0.39, 0.29) is 12.8 Å². The average Bonchev–Trinajstić information content (AvgIpc) is 3.25. The summed E-state index contributed by atoms with van der Waals surface area (Å²) in [6.45, 7) is 2.30. The lowest BCUT2D eigenvalue weighted by Crippen LogP contribution is -2.22. The van der Waals surface area contributed by atoms with E-state index in [0.29, 0.717) is 5.82 Å². The fourth-order valence-corrected chi connectivity index (χ4v) is 2.78. The fraction of sp³-hybridized carbons (Fsp3) is 0.235. The predicted molar refractivity (Wildman–Crippen MR) is 87.4 cm³/mol. The van der Waals surface area contributed by atoms with Crippen LogP contribution in [0.4, 0.5) is 0 Å². The Morgan fingerprint density at radius 1 is 1.08 bits per heavy atom. The molecule has 1 N–H and O–H groups in total. The van der Waals surface area contributed by atoms with Crippen molar-refractivity contribution in [3.63, 3.8) is 0 Å². The van der Waals surface area contributed by atoms with Crippen LogP contribution in [-0.2, 0) is 0 Å². The van der Waals surface area contributed by atoms with Gasteiger partial charge in [-0.05, 0) is 54.2 Å². The Kier molecular flexibility index (Phi) is 3.62. The first-order chi connectivity index (χ1) is 11.8. The Hall–Kier alpha value is -2.93. The SMILES string of the molecule is CNC(c1ccc2c(c1)OCO2)c1nnnn1-c1ccc(C)cc1. The van der Waals surface area contributed by atoms with Crippen molar-refractivity contribution in [1.29, 1.82) is 0 Å². The molecule has 2 aromatic carbocycles. The highest BCUT2D eigenvalue weighted by molar-refractivity contribution is 5.46. The van der Waals surface area contributed by atoms with E-state index >= 15 is 0 Å². The summed E-state index contributed by atoms with van der Waals surface area (Å²) in [6.07, 6.45) is 0. The molecule has 0 spiro atoms. The zero-order chi connectivity index (χ0) is 16.5. The molecule has 1 unspecified atom stereocenters. The summed E-state index contributed by atoms with van der Waals surface area (Å²) in [7, 11) is 1.88. The van der Waals surface area contributed by atoms with Crippen LogP contribution >= 0.6 is 0 Å². The van der Waals surface area contributed by atoms with Gasteiger partial charge in [0.2, 0.25) is 6.79 Å². The Balaban J connectivity index is 1.74. The third-order valence-electron chi connectivity index (χ3n) is 4.05. The number of nitrogens with zero attached hydrogens (tertiary/aromatic N) is 4. The molecule has 7 nitrogen and oxygen atoms in total. The standard InChI is InChI=1S/C17H17N5O2/c1-11-3-6-13(7-4-11)22-17(19-20-21-22)16(18-2)12-5-8-14-15(9-12)24-10-23-14/h3-9,16,18H,10H2,1-2H3. The number of rotatable bonds is 4. The van der Waals surface area contributed by atoms with Crippen molar-refractivity contribution >= 4 is 0 Å². The molecule has 0 saturated heterocycles. The van der Waals surface area contributed by atoms with Crippen LogP contribution < -0.4 is 14.8 Å². The van der Waals surface area contributed by atoms with E-state index in [1.165, 1.54) is 5.56 Å². The lowest BCUT2D eigenvalue weighted by atomic mass is 10.1. The first kappa shape index (κ1) is 14.6. The quantitative estimate of drug-likeness (QED) is 0.792. The van der Waals surface area contributed by atoms with Crippen LogP contribution in [0.5, 0.6) is 11.5 Å². The molecule has 2 heterocycles. The van der Waals surface area contributed by atoms with Crippen LogP contribution in [0.2, 0.25) is 0 Å². The number of aryl methyl sites for hydroxylation is 1. The van der Waals surface area contributed by atoms with E-state index in [4.69, 9.17) is 9.47 Å². The van der Waals surface area contributed by atoms with E-state index in [1.54, 1.807) is 4.68 Å². The number of hydrogen-bond donors (Lipinski definition) is 1. The van der Waals surface area contributed by atoms with Gasteiger partial charge in [0.15, 0.2) is 17.3 Å². The molecular weight excluding hydrogens is 306 g/mol. The summed E-state index contributed by atoms with van der Waals surface area (Å²) in [5.74, 6) is 2.20. The van der Waals surface area contributed by atoms with Crippen molar-refractivity contribution in [2.45, 2.75) is 13.0 Å². The maximum absolute atomic E-state index is 5.47. The Labute approximate surface area is 139 Å². The predicted octanol–water partition coefficient (Wildman–Crippen LogP) is 2.01. The van der Waals surface area contributed by atoms with E-state index < -0.39 is 0 Å². The molecule has 4 rings (SSSR count). The topological polar surface area (TPSA) is 74.1 Å². The van der Waals surface area contributed by atoms with Gasteiger partial charge in [0.05, 0.1) is 11.7 Å². The Bertz CT molecular complexity index is 860. The molecule has 1 aliphatic heterocycles. The molecule has 1 atom stereocenters. The summed E-state index contributed by atoms with van der Waals surface area (Å²) in [5.41, 5.74) is 3.11. The van der Waals surface area contributed by atoms with Crippen molar-refractivity contribution in [1.82, 2.24) is 25.5 Å². The smallest absolute Gasteiger partial charge is 0.231 e. The summed E-state index contributed by atoms with van der Waals surface area (Å²) in [4.78, 5) is 0. The highest BCUT2D eigenvalue weighted by Crippen LogP contribution is 2.35. The minimum absolute atomic E-state index is 0.171. The zero-order valence-corrected chi connectivity index (χ0v) is 13.4. The first-order valence-corrected chi connectivity index (χ1v) is 7.68. The number of hydrogen-bond acceptors (Lipinski definition) is 6. The van der Waals surface area contributed by atoms with E-state index in [1.807, 2.05) is 56.4 Å². The second kappa shape index (κ2) is 5.93. The number of benzene rings is 2. The van der Waals surface area contributed by atoms with E-state index in [9.17, 15) is 0 Å². The second-order valence-corrected chi connectivity index (χ2v) is 5.62. The maximum atomic E-state index is 5.47. The van der Waals surface area contributed by atoms with Gasteiger partial charge in [-0.3, -0.25) is 0 Å². The second-order valence-electron chi connectivity index (χ2n) is 5.62. The minimum atomic E-state index is -0.171. The number of fused-ring (bicyclic) bond motifs is 1. The van der Waals surface area contributed by atoms with Crippen molar-refractivity contribution < 1.29 is 9.47 Å². The van der Waals surface area contributed by atoms with Gasteiger partial charge in [-0.25, -0.2) is 0 Å². The van der Waals surface area contributed by atoms with Gasteiger partial charge in [0, 0.05) is 0 Å². The van der Waals surface area contributed by atoms with Crippen molar-refractivity contribution in [2.75, 3.05) is 13.8 Å². The van der Waals surface area contributed by atoms with Crippen LogP contribution in [0.1, 0.15) is 23.0 Å². The van der Waals surface area contributed by atoms with Gasteiger partial charge >= 0.3 is 0 Å². The zero-order valence-electron chi connectivity index (χ0n) is 13.4.